The molecule has 1 aromatic heterocycles. The SMILES string of the molecule is CC(C)Cn1c(SCC(=O)Nc2ccc(Cl)cc2F)nnc1-c1ccccc1F. The molecule has 0 atom stereocenters. The molecule has 1 N–H and O–H groups in total. The fourth-order valence-electron chi connectivity index (χ4n) is 2.67. The maximum atomic E-state index is 14.2. The number of anilines is 1. The van der Waals surface area contributed by atoms with Gasteiger partial charge in [-0.05, 0) is 36.2 Å². The average molecular weight is 437 g/mol. The summed E-state index contributed by atoms with van der Waals surface area (Å²) in [7, 11) is 0. The quantitative estimate of drug-likeness (QED) is 0.513. The van der Waals surface area contributed by atoms with Crippen molar-refractivity contribution in [3.8, 4) is 11.4 Å². The molecule has 1 amide bonds. The van der Waals surface area contributed by atoms with Gasteiger partial charge in [0.05, 0.1) is 17.0 Å². The summed E-state index contributed by atoms with van der Waals surface area (Å²) in [5.74, 6) is -0.743. The monoisotopic (exact) mass is 436 g/mol. The first kappa shape index (κ1) is 21.3. The predicted octanol–water partition coefficient (Wildman–Crippen LogP) is 5.26. The second-order valence-corrected chi connectivity index (χ2v) is 8.13. The van der Waals surface area contributed by atoms with Crippen LogP contribution in [0.15, 0.2) is 47.6 Å². The minimum absolute atomic E-state index is 0.00440. The van der Waals surface area contributed by atoms with E-state index in [1.165, 1.54) is 18.2 Å². The number of amides is 1. The Kier molecular flexibility index (Phi) is 6.87. The molecule has 0 bridgehead atoms. The summed E-state index contributed by atoms with van der Waals surface area (Å²) >= 11 is 6.87. The molecule has 0 saturated carbocycles. The van der Waals surface area contributed by atoms with Gasteiger partial charge in [0.15, 0.2) is 11.0 Å². The van der Waals surface area contributed by atoms with E-state index in [2.05, 4.69) is 15.5 Å². The summed E-state index contributed by atoms with van der Waals surface area (Å²) in [5, 5.41) is 11.5. The van der Waals surface area contributed by atoms with Crippen LogP contribution >= 0.6 is 23.4 Å². The molecule has 9 heteroatoms. The zero-order valence-corrected chi connectivity index (χ0v) is 17.4. The van der Waals surface area contributed by atoms with Crippen molar-refractivity contribution in [3.63, 3.8) is 0 Å². The molecule has 0 aliphatic carbocycles. The highest BCUT2D eigenvalue weighted by molar-refractivity contribution is 7.99. The van der Waals surface area contributed by atoms with Gasteiger partial charge in [0.2, 0.25) is 5.91 Å². The first-order valence-corrected chi connectivity index (χ1v) is 10.3. The summed E-state index contributed by atoms with van der Waals surface area (Å²) in [6.07, 6.45) is 0. The number of thioether (sulfide) groups is 1. The third kappa shape index (κ3) is 5.33. The Morgan fingerprint density at radius 1 is 1.17 bits per heavy atom. The van der Waals surface area contributed by atoms with E-state index in [1.54, 1.807) is 22.8 Å². The van der Waals surface area contributed by atoms with Gasteiger partial charge in [0.1, 0.15) is 11.6 Å². The van der Waals surface area contributed by atoms with E-state index in [-0.39, 0.29) is 22.4 Å². The van der Waals surface area contributed by atoms with Crippen molar-refractivity contribution in [1.82, 2.24) is 14.8 Å². The summed E-state index contributed by atoms with van der Waals surface area (Å²) in [5.41, 5.74) is 0.399. The smallest absolute Gasteiger partial charge is 0.234 e. The second kappa shape index (κ2) is 9.37. The topological polar surface area (TPSA) is 59.8 Å². The number of benzene rings is 2. The fraction of sp³-hybridized carbons (Fsp3) is 0.250. The van der Waals surface area contributed by atoms with Crippen LogP contribution in [0.25, 0.3) is 11.4 Å². The lowest BCUT2D eigenvalue weighted by atomic mass is 10.2. The molecule has 152 valence electrons. The van der Waals surface area contributed by atoms with Crippen molar-refractivity contribution >= 4 is 35.0 Å². The number of carbonyl (C=O) groups is 1. The third-order valence-corrected chi connectivity index (χ3v) is 5.12. The van der Waals surface area contributed by atoms with Crippen molar-refractivity contribution < 1.29 is 13.6 Å². The number of aromatic nitrogens is 3. The molecule has 3 aromatic rings. The lowest BCUT2D eigenvalue weighted by Gasteiger charge is -2.13. The highest BCUT2D eigenvalue weighted by Gasteiger charge is 2.19. The van der Waals surface area contributed by atoms with Crippen molar-refractivity contribution in [1.29, 1.82) is 0 Å². The Bertz CT molecular complexity index is 1030. The van der Waals surface area contributed by atoms with Crippen LogP contribution in [0.4, 0.5) is 14.5 Å². The lowest BCUT2D eigenvalue weighted by molar-refractivity contribution is -0.113. The molecule has 0 unspecified atom stereocenters. The molecule has 3 rings (SSSR count). The van der Waals surface area contributed by atoms with Crippen molar-refractivity contribution in [2.45, 2.75) is 25.5 Å². The minimum atomic E-state index is -0.610. The predicted molar refractivity (Wildman–Crippen MR) is 111 cm³/mol. The summed E-state index contributed by atoms with van der Waals surface area (Å²) in [4.78, 5) is 12.2. The first-order valence-electron chi connectivity index (χ1n) is 8.91. The molecule has 2 aromatic carbocycles. The van der Waals surface area contributed by atoms with E-state index < -0.39 is 17.5 Å². The largest absolute Gasteiger partial charge is 0.323 e. The van der Waals surface area contributed by atoms with Gasteiger partial charge in [-0.15, -0.1) is 10.2 Å². The van der Waals surface area contributed by atoms with E-state index >= 15 is 0 Å². The highest BCUT2D eigenvalue weighted by Crippen LogP contribution is 2.27. The Morgan fingerprint density at radius 2 is 1.93 bits per heavy atom. The van der Waals surface area contributed by atoms with Gasteiger partial charge in [-0.25, -0.2) is 8.78 Å². The first-order chi connectivity index (χ1) is 13.8. The zero-order valence-electron chi connectivity index (χ0n) is 15.8. The minimum Gasteiger partial charge on any atom is -0.323 e. The Labute approximate surface area is 176 Å². The number of hydrogen-bond donors (Lipinski definition) is 1. The van der Waals surface area contributed by atoms with Crippen LogP contribution in [0.2, 0.25) is 5.02 Å². The maximum Gasteiger partial charge on any atom is 0.234 e. The Hall–Kier alpha value is -2.45. The molecule has 0 aliphatic heterocycles. The van der Waals surface area contributed by atoms with Gasteiger partial charge in [-0.1, -0.05) is 49.3 Å². The molecule has 5 nitrogen and oxygen atoms in total. The molecule has 0 aliphatic rings. The number of rotatable bonds is 7. The summed E-state index contributed by atoms with van der Waals surface area (Å²) in [6, 6.07) is 10.4. The number of nitrogens with zero attached hydrogens (tertiary/aromatic N) is 3. The van der Waals surface area contributed by atoms with Crippen LogP contribution in [-0.2, 0) is 11.3 Å². The number of carbonyl (C=O) groups excluding carboxylic acids is 1. The molecule has 0 saturated heterocycles. The third-order valence-electron chi connectivity index (χ3n) is 3.92. The highest BCUT2D eigenvalue weighted by atomic mass is 35.5. The van der Waals surface area contributed by atoms with E-state index in [1.807, 2.05) is 13.8 Å². The zero-order chi connectivity index (χ0) is 21.0. The molecule has 1 heterocycles. The van der Waals surface area contributed by atoms with Crippen LogP contribution in [0.5, 0.6) is 0 Å². The van der Waals surface area contributed by atoms with Crippen LogP contribution in [0.3, 0.4) is 0 Å². The van der Waals surface area contributed by atoms with Gasteiger partial charge in [-0.3, -0.25) is 4.79 Å². The second-order valence-electron chi connectivity index (χ2n) is 6.75. The summed E-state index contributed by atoms with van der Waals surface area (Å²) < 4.78 is 29.9. The van der Waals surface area contributed by atoms with E-state index in [9.17, 15) is 13.6 Å². The molecule has 0 radical (unpaired) electrons. The van der Waals surface area contributed by atoms with Crippen LogP contribution in [0.1, 0.15) is 13.8 Å². The van der Waals surface area contributed by atoms with E-state index in [0.29, 0.717) is 23.1 Å². The number of hydrogen-bond acceptors (Lipinski definition) is 4. The standard InChI is InChI=1S/C20H19ClF2N4OS/c1-12(2)10-27-19(14-5-3-4-6-15(14)22)25-26-20(27)29-11-18(28)24-17-8-7-13(21)9-16(17)23/h3-9,12H,10-11H2,1-2H3,(H,24,28). The maximum absolute atomic E-state index is 14.2. The fourth-order valence-corrected chi connectivity index (χ4v) is 3.58. The summed E-state index contributed by atoms with van der Waals surface area (Å²) in [6.45, 7) is 4.61. The van der Waals surface area contributed by atoms with Crippen LogP contribution in [-0.4, -0.2) is 26.4 Å². The van der Waals surface area contributed by atoms with Gasteiger partial charge in [-0.2, -0.15) is 0 Å². The molecule has 29 heavy (non-hydrogen) atoms. The van der Waals surface area contributed by atoms with Crippen molar-refractivity contribution in [3.05, 3.63) is 59.1 Å². The molecular weight excluding hydrogens is 418 g/mol. The van der Waals surface area contributed by atoms with Crippen LogP contribution in [0, 0.1) is 17.6 Å². The van der Waals surface area contributed by atoms with Gasteiger partial charge < -0.3 is 9.88 Å². The lowest BCUT2D eigenvalue weighted by Crippen LogP contribution is -2.16. The average Bonchev–Trinajstić information content (AvgIpc) is 3.04. The van der Waals surface area contributed by atoms with E-state index in [0.717, 1.165) is 17.8 Å². The Morgan fingerprint density at radius 3 is 2.62 bits per heavy atom. The van der Waals surface area contributed by atoms with Crippen molar-refractivity contribution in [2.75, 3.05) is 11.1 Å². The Balaban J connectivity index is 1.76. The molecular formula is C20H19ClF2N4OS. The number of nitrogens with one attached hydrogen (secondary N) is 1. The van der Waals surface area contributed by atoms with Crippen LogP contribution < -0.4 is 5.32 Å². The van der Waals surface area contributed by atoms with E-state index in [4.69, 9.17) is 11.6 Å². The molecule has 0 spiro atoms. The van der Waals surface area contributed by atoms with Gasteiger partial charge in [0, 0.05) is 11.6 Å². The van der Waals surface area contributed by atoms with Crippen molar-refractivity contribution in [2.24, 2.45) is 5.92 Å². The number of halogens is 3. The van der Waals surface area contributed by atoms with Gasteiger partial charge >= 0.3 is 0 Å². The molecule has 0 fully saturated rings. The normalized spacial score (nSPS) is 11.1. The van der Waals surface area contributed by atoms with Gasteiger partial charge in [0.25, 0.3) is 0 Å².